The number of fused-ring (bicyclic) bond motifs is 7. The second-order valence-electron chi connectivity index (χ2n) is 16.5. The van der Waals surface area contributed by atoms with E-state index in [4.69, 9.17) is 14.7 Å². The molecular formula is C59H42N4O. The summed E-state index contributed by atoms with van der Waals surface area (Å²) in [7, 11) is 0. The van der Waals surface area contributed by atoms with Crippen LogP contribution in [0.4, 0.5) is 0 Å². The van der Waals surface area contributed by atoms with Gasteiger partial charge in [-0.3, -0.25) is 4.57 Å². The number of hydrogen-bond donors (Lipinski definition) is 0. The van der Waals surface area contributed by atoms with E-state index in [1.807, 2.05) is 18.2 Å². The van der Waals surface area contributed by atoms with Gasteiger partial charge in [0.15, 0.2) is 17.4 Å². The number of ether oxygens (including phenoxy) is 1. The van der Waals surface area contributed by atoms with Gasteiger partial charge in [0.25, 0.3) is 0 Å². The Hall–Kier alpha value is -8.28. The van der Waals surface area contributed by atoms with E-state index in [0.717, 1.165) is 72.2 Å². The molecule has 1 unspecified atom stereocenters. The molecule has 0 N–H and O–H groups in total. The fourth-order valence-corrected chi connectivity index (χ4v) is 9.57. The number of hydrogen-bond acceptors (Lipinski definition) is 3. The highest BCUT2D eigenvalue weighted by Gasteiger charge is 2.27. The number of benzene rings is 8. The predicted molar refractivity (Wildman–Crippen MR) is 264 cm³/mol. The molecule has 1 atom stereocenters. The molecule has 0 bridgehead atoms. The fourth-order valence-electron chi connectivity index (χ4n) is 9.57. The first kappa shape index (κ1) is 37.5. The van der Waals surface area contributed by atoms with E-state index in [2.05, 4.69) is 216 Å². The van der Waals surface area contributed by atoms with Crippen molar-refractivity contribution in [3.05, 3.63) is 235 Å². The molecule has 0 spiro atoms. The van der Waals surface area contributed by atoms with Crippen molar-refractivity contribution < 1.29 is 4.74 Å². The molecule has 5 nitrogen and oxygen atoms in total. The highest BCUT2D eigenvalue weighted by Crippen LogP contribution is 2.42. The van der Waals surface area contributed by atoms with E-state index >= 15 is 0 Å². The van der Waals surface area contributed by atoms with Gasteiger partial charge >= 0.3 is 0 Å². The fraction of sp³-hybridized carbons (Fsp3) is 0.0508. The van der Waals surface area contributed by atoms with E-state index in [1.165, 1.54) is 21.8 Å². The van der Waals surface area contributed by atoms with Crippen LogP contribution in [0.15, 0.2) is 218 Å². The lowest BCUT2D eigenvalue weighted by Gasteiger charge is -2.23. The summed E-state index contributed by atoms with van der Waals surface area (Å²) in [4.78, 5) is 10.8. The van der Waals surface area contributed by atoms with Gasteiger partial charge in [-0.2, -0.15) is 0 Å². The molecule has 4 heterocycles. The maximum atomic E-state index is 7.27. The summed E-state index contributed by atoms with van der Waals surface area (Å²) in [5.74, 6) is 2.04. The lowest BCUT2D eigenvalue weighted by Crippen LogP contribution is -2.18. The van der Waals surface area contributed by atoms with Gasteiger partial charge in [-0.25, -0.2) is 9.97 Å². The van der Waals surface area contributed by atoms with Gasteiger partial charge in [0.05, 0.1) is 27.8 Å². The number of aromatic nitrogens is 4. The molecule has 0 aliphatic carbocycles. The maximum absolute atomic E-state index is 7.27. The molecule has 11 aromatic rings. The lowest BCUT2D eigenvalue weighted by molar-refractivity contribution is 0.273. The van der Waals surface area contributed by atoms with Crippen LogP contribution in [-0.2, 0) is 6.42 Å². The molecule has 0 saturated heterocycles. The number of allylic oxidation sites excluding steroid dienone is 3. The molecule has 0 amide bonds. The van der Waals surface area contributed by atoms with Gasteiger partial charge in [-0.15, -0.1) is 0 Å². The molecule has 1 aliphatic rings. The van der Waals surface area contributed by atoms with Gasteiger partial charge in [-0.1, -0.05) is 164 Å². The van der Waals surface area contributed by atoms with Crippen LogP contribution in [0.1, 0.15) is 23.7 Å². The van der Waals surface area contributed by atoms with Crippen LogP contribution in [0.25, 0.3) is 88.8 Å². The van der Waals surface area contributed by atoms with E-state index in [1.54, 1.807) is 0 Å². The molecule has 64 heavy (non-hydrogen) atoms. The van der Waals surface area contributed by atoms with Crippen LogP contribution in [0, 0.1) is 0 Å². The summed E-state index contributed by atoms with van der Waals surface area (Å²) in [6.45, 7) is 2.14. The molecule has 0 radical (unpaired) electrons. The zero-order valence-corrected chi connectivity index (χ0v) is 35.3. The predicted octanol–water partition coefficient (Wildman–Crippen LogP) is 14.5. The van der Waals surface area contributed by atoms with Crippen LogP contribution < -0.4 is 4.74 Å². The quantitative estimate of drug-likeness (QED) is 0.168. The Bertz CT molecular complexity index is 3600. The molecule has 304 valence electrons. The van der Waals surface area contributed by atoms with Gasteiger partial charge in [0, 0.05) is 39.2 Å². The first-order valence-corrected chi connectivity index (χ1v) is 21.9. The zero-order chi connectivity index (χ0) is 42.6. The maximum Gasteiger partial charge on any atom is 0.185 e. The zero-order valence-electron chi connectivity index (χ0n) is 35.3. The topological polar surface area (TPSA) is 44.9 Å². The minimum atomic E-state index is -0.335. The van der Waals surface area contributed by atoms with Gasteiger partial charge in [0.1, 0.15) is 6.10 Å². The van der Waals surface area contributed by atoms with Crippen LogP contribution in [0.2, 0.25) is 0 Å². The normalized spacial score (nSPS) is 14.9. The standard InChI is InChI=1S/C59H42N4O/c1-39-49(41-20-8-3-9-21-41)36-43(40-18-6-2-7-19-40)30-33-52-57(64-39)59(61-58(60-52)42-22-10-4-11-23-42)63-54-29-17-15-27-48(54)51-38-45(32-35-56(51)63)44-31-34-55-50(37-44)47-26-14-16-28-53(47)62(55)46-24-12-5-13-25-46/h2-32,34-39H,33H2,1H3/b43-30+,49-36?. The minimum absolute atomic E-state index is 0.335. The Morgan fingerprint density at radius 1 is 0.453 bits per heavy atom. The summed E-state index contributed by atoms with van der Waals surface area (Å²) in [6, 6.07) is 73.1. The largest absolute Gasteiger partial charge is 0.480 e. The molecule has 5 heteroatoms. The summed E-state index contributed by atoms with van der Waals surface area (Å²) in [5, 5.41) is 4.74. The van der Waals surface area contributed by atoms with Crippen molar-refractivity contribution in [2.45, 2.75) is 19.4 Å². The van der Waals surface area contributed by atoms with Crippen LogP contribution in [0.3, 0.4) is 0 Å². The van der Waals surface area contributed by atoms with Crippen molar-refractivity contribution in [1.82, 2.24) is 19.1 Å². The third-order valence-corrected chi connectivity index (χ3v) is 12.6. The lowest BCUT2D eigenvalue weighted by atomic mass is 9.95. The smallest absolute Gasteiger partial charge is 0.185 e. The third kappa shape index (κ3) is 6.40. The van der Waals surface area contributed by atoms with Gasteiger partial charge in [-0.05, 0) is 94.9 Å². The Morgan fingerprint density at radius 2 is 0.953 bits per heavy atom. The Labute approximate surface area is 371 Å². The average molecular weight is 823 g/mol. The summed E-state index contributed by atoms with van der Waals surface area (Å²) in [5.41, 5.74) is 14.2. The van der Waals surface area contributed by atoms with Gasteiger partial charge in [0.2, 0.25) is 0 Å². The average Bonchev–Trinajstić information content (AvgIpc) is 3.89. The number of rotatable bonds is 6. The summed E-state index contributed by atoms with van der Waals surface area (Å²) in [6.07, 6.45) is 4.78. The third-order valence-electron chi connectivity index (χ3n) is 12.6. The monoisotopic (exact) mass is 822 g/mol. The Balaban J connectivity index is 1.07. The van der Waals surface area contributed by atoms with Crippen LogP contribution in [0.5, 0.6) is 5.75 Å². The van der Waals surface area contributed by atoms with Crippen LogP contribution in [-0.4, -0.2) is 25.2 Å². The first-order chi connectivity index (χ1) is 31.7. The van der Waals surface area contributed by atoms with E-state index in [9.17, 15) is 0 Å². The highest BCUT2D eigenvalue weighted by molar-refractivity contribution is 6.12. The molecule has 0 fully saturated rings. The van der Waals surface area contributed by atoms with Crippen molar-refractivity contribution >= 4 is 54.8 Å². The summed E-state index contributed by atoms with van der Waals surface area (Å²) >= 11 is 0. The van der Waals surface area contributed by atoms with E-state index in [0.29, 0.717) is 23.8 Å². The molecule has 1 aliphatic heterocycles. The SMILES string of the molecule is CC1Oc2c(nc(-c3ccccc3)nc2-n2c3ccccc3c3cc(-c4ccc5c(c4)c4ccccc4n5-c4ccccc4)ccc32)C/C=C(/c2ccccc2)C=C1c1ccccc1. The molecule has 12 rings (SSSR count). The minimum Gasteiger partial charge on any atom is -0.480 e. The number of para-hydroxylation sites is 3. The van der Waals surface area contributed by atoms with Crippen LogP contribution >= 0.6 is 0 Å². The second-order valence-corrected chi connectivity index (χ2v) is 16.5. The first-order valence-electron chi connectivity index (χ1n) is 21.9. The highest BCUT2D eigenvalue weighted by atomic mass is 16.5. The Kier molecular flexibility index (Phi) is 9.12. The molecule has 3 aromatic heterocycles. The number of nitrogens with zero attached hydrogens (tertiary/aromatic N) is 4. The van der Waals surface area contributed by atoms with Gasteiger partial charge < -0.3 is 9.30 Å². The molecular weight excluding hydrogens is 781 g/mol. The van der Waals surface area contributed by atoms with Crippen molar-refractivity contribution in [2.24, 2.45) is 0 Å². The van der Waals surface area contributed by atoms with Crippen molar-refractivity contribution in [3.8, 4) is 39.8 Å². The molecule has 8 aromatic carbocycles. The summed E-state index contributed by atoms with van der Waals surface area (Å²) < 4.78 is 11.9. The Morgan fingerprint density at radius 3 is 1.58 bits per heavy atom. The van der Waals surface area contributed by atoms with E-state index in [-0.39, 0.29) is 6.10 Å². The van der Waals surface area contributed by atoms with E-state index < -0.39 is 0 Å². The van der Waals surface area contributed by atoms with Crippen molar-refractivity contribution in [3.63, 3.8) is 0 Å². The van der Waals surface area contributed by atoms with Crippen molar-refractivity contribution in [1.29, 1.82) is 0 Å². The van der Waals surface area contributed by atoms with Crippen molar-refractivity contribution in [2.75, 3.05) is 0 Å². The second kappa shape index (κ2) is 15.6. The molecule has 0 saturated carbocycles.